The number of hydrogen-bond donors (Lipinski definition) is 1. The van der Waals surface area contributed by atoms with Crippen LogP contribution in [0.4, 0.5) is 5.69 Å². The lowest BCUT2D eigenvalue weighted by Crippen LogP contribution is -2.40. The van der Waals surface area contributed by atoms with E-state index in [1.54, 1.807) is 17.0 Å². The molecule has 1 aliphatic heterocycles. The number of carbonyl (C=O) groups excluding carboxylic acids is 1. The van der Waals surface area contributed by atoms with Crippen LogP contribution in [0.5, 0.6) is 0 Å². The van der Waals surface area contributed by atoms with Crippen molar-refractivity contribution in [2.24, 2.45) is 0 Å². The Bertz CT molecular complexity index is 943. The lowest BCUT2D eigenvalue weighted by Gasteiger charge is -2.27. The van der Waals surface area contributed by atoms with Crippen LogP contribution in [0.1, 0.15) is 15.9 Å². The van der Waals surface area contributed by atoms with Crippen LogP contribution in [0, 0.1) is 11.3 Å². The molecule has 7 nitrogen and oxygen atoms in total. The summed E-state index contributed by atoms with van der Waals surface area (Å²) < 4.78 is 32.8. The molecule has 0 saturated carbocycles. The fraction of sp³-hybridized carbons (Fsp3) is 0.222. The van der Waals surface area contributed by atoms with Crippen LogP contribution in [-0.2, 0) is 14.8 Å². The number of nitrogens with zero attached hydrogens (tertiary/aromatic N) is 2. The molecule has 0 atom stereocenters. The van der Waals surface area contributed by atoms with E-state index in [4.69, 9.17) is 10.00 Å². The quantitative estimate of drug-likeness (QED) is 0.884. The van der Waals surface area contributed by atoms with E-state index >= 15 is 0 Å². The van der Waals surface area contributed by atoms with Gasteiger partial charge in [0.15, 0.2) is 0 Å². The molecule has 0 spiro atoms. The SMILES string of the molecule is N#Cc1ccc(NS(=O)(=O)c2cccc(C(=O)N3CCOCC3)c2)cc1. The van der Waals surface area contributed by atoms with Crippen molar-refractivity contribution in [3.05, 3.63) is 59.7 Å². The molecule has 0 aromatic heterocycles. The molecule has 3 rings (SSSR count). The summed E-state index contributed by atoms with van der Waals surface area (Å²) in [6, 6.07) is 14.0. The van der Waals surface area contributed by atoms with Crippen molar-refractivity contribution in [1.82, 2.24) is 4.90 Å². The third kappa shape index (κ3) is 4.02. The Hall–Kier alpha value is -2.89. The number of ether oxygens (including phenoxy) is 1. The third-order valence-electron chi connectivity index (χ3n) is 3.96. The van der Waals surface area contributed by atoms with Gasteiger partial charge in [-0.05, 0) is 42.5 Å². The molecule has 1 aliphatic rings. The Morgan fingerprint density at radius 1 is 1.12 bits per heavy atom. The molecule has 0 bridgehead atoms. The number of amides is 1. The topological polar surface area (TPSA) is 99.5 Å². The first-order valence-corrected chi connectivity index (χ1v) is 9.48. The zero-order valence-corrected chi connectivity index (χ0v) is 14.7. The van der Waals surface area contributed by atoms with Gasteiger partial charge in [0.25, 0.3) is 15.9 Å². The first-order valence-electron chi connectivity index (χ1n) is 8.00. The minimum atomic E-state index is -3.85. The van der Waals surface area contributed by atoms with E-state index in [0.717, 1.165) is 0 Å². The van der Waals surface area contributed by atoms with Crippen LogP contribution in [0.25, 0.3) is 0 Å². The summed E-state index contributed by atoms with van der Waals surface area (Å²) in [4.78, 5) is 14.2. The molecule has 2 aromatic rings. The molecular formula is C18H17N3O4S. The van der Waals surface area contributed by atoms with Gasteiger partial charge in [0.05, 0.1) is 29.7 Å². The number of carbonyl (C=O) groups is 1. The zero-order valence-electron chi connectivity index (χ0n) is 13.9. The Balaban J connectivity index is 1.81. The maximum Gasteiger partial charge on any atom is 0.261 e. The number of benzene rings is 2. The van der Waals surface area contributed by atoms with Crippen LogP contribution >= 0.6 is 0 Å². The van der Waals surface area contributed by atoms with Crippen molar-refractivity contribution in [3.8, 4) is 6.07 Å². The molecule has 1 heterocycles. The molecule has 134 valence electrons. The Kier molecular flexibility index (Phi) is 5.21. The van der Waals surface area contributed by atoms with E-state index in [9.17, 15) is 13.2 Å². The van der Waals surface area contributed by atoms with Crippen molar-refractivity contribution in [2.75, 3.05) is 31.0 Å². The standard InChI is InChI=1S/C18H17N3O4S/c19-13-14-4-6-16(7-5-14)20-26(23,24)17-3-1-2-15(12-17)18(22)21-8-10-25-11-9-21/h1-7,12,20H,8-11H2. The molecule has 1 N–H and O–H groups in total. The second kappa shape index (κ2) is 7.56. The second-order valence-electron chi connectivity index (χ2n) is 5.73. The fourth-order valence-electron chi connectivity index (χ4n) is 2.57. The van der Waals surface area contributed by atoms with Gasteiger partial charge in [-0.2, -0.15) is 5.26 Å². The Morgan fingerprint density at radius 2 is 1.81 bits per heavy atom. The number of nitrogens with one attached hydrogen (secondary N) is 1. The Labute approximate surface area is 151 Å². The molecule has 0 unspecified atom stereocenters. The molecule has 26 heavy (non-hydrogen) atoms. The molecule has 2 aromatic carbocycles. The molecular weight excluding hydrogens is 354 g/mol. The number of anilines is 1. The third-order valence-corrected chi connectivity index (χ3v) is 5.33. The summed E-state index contributed by atoms with van der Waals surface area (Å²) in [6.45, 7) is 1.92. The van der Waals surface area contributed by atoms with Gasteiger partial charge in [0.2, 0.25) is 0 Å². The smallest absolute Gasteiger partial charge is 0.261 e. The van der Waals surface area contributed by atoms with E-state index in [2.05, 4.69) is 4.72 Å². The highest BCUT2D eigenvalue weighted by molar-refractivity contribution is 7.92. The van der Waals surface area contributed by atoms with Gasteiger partial charge >= 0.3 is 0 Å². The highest BCUT2D eigenvalue weighted by Gasteiger charge is 2.21. The van der Waals surface area contributed by atoms with Crippen LogP contribution in [0.3, 0.4) is 0 Å². The Morgan fingerprint density at radius 3 is 2.46 bits per heavy atom. The number of nitriles is 1. The van der Waals surface area contributed by atoms with Gasteiger partial charge in [0.1, 0.15) is 0 Å². The lowest BCUT2D eigenvalue weighted by molar-refractivity contribution is 0.0302. The largest absolute Gasteiger partial charge is 0.378 e. The van der Waals surface area contributed by atoms with E-state index < -0.39 is 10.0 Å². The predicted molar refractivity (Wildman–Crippen MR) is 95.1 cm³/mol. The summed E-state index contributed by atoms with van der Waals surface area (Å²) >= 11 is 0. The normalized spacial score (nSPS) is 14.5. The first-order chi connectivity index (χ1) is 12.5. The number of morpholine rings is 1. The summed E-state index contributed by atoms with van der Waals surface area (Å²) in [6.07, 6.45) is 0. The highest BCUT2D eigenvalue weighted by Crippen LogP contribution is 2.19. The molecule has 1 amide bonds. The minimum absolute atomic E-state index is 0.000897. The van der Waals surface area contributed by atoms with Crippen LogP contribution in [0.2, 0.25) is 0 Å². The van der Waals surface area contributed by atoms with Crippen molar-refractivity contribution < 1.29 is 17.9 Å². The average molecular weight is 371 g/mol. The van der Waals surface area contributed by atoms with Gasteiger partial charge in [-0.1, -0.05) is 6.07 Å². The maximum atomic E-state index is 12.6. The number of hydrogen-bond acceptors (Lipinski definition) is 5. The summed E-state index contributed by atoms with van der Waals surface area (Å²) in [5.41, 5.74) is 1.09. The van der Waals surface area contributed by atoms with Gasteiger partial charge in [-0.3, -0.25) is 9.52 Å². The molecule has 1 saturated heterocycles. The number of sulfonamides is 1. The van der Waals surface area contributed by atoms with Crippen LogP contribution in [0.15, 0.2) is 53.4 Å². The van der Waals surface area contributed by atoms with E-state index in [0.29, 0.717) is 43.1 Å². The molecule has 0 aliphatic carbocycles. The van der Waals surface area contributed by atoms with E-state index in [-0.39, 0.29) is 10.8 Å². The summed E-state index contributed by atoms with van der Waals surface area (Å²) in [7, 11) is -3.85. The van der Waals surface area contributed by atoms with Gasteiger partial charge in [-0.15, -0.1) is 0 Å². The van der Waals surface area contributed by atoms with Crippen molar-refractivity contribution in [1.29, 1.82) is 5.26 Å². The monoisotopic (exact) mass is 371 g/mol. The van der Waals surface area contributed by atoms with E-state index in [1.165, 1.54) is 36.4 Å². The predicted octanol–water partition coefficient (Wildman–Crippen LogP) is 1.83. The maximum absolute atomic E-state index is 12.6. The molecule has 8 heteroatoms. The average Bonchev–Trinajstić information content (AvgIpc) is 2.68. The zero-order chi connectivity index (χ0) is 18.6. The van der Waals surface area contributed by atoms with Gasteiger partial charge in [-0.25, -0.2) is 8.42 Å². The summed E-state index contributed by atoms with van der Waals surface area (Å²) in [5.74, 6) is -0.219. The van der Waals surface area contributed by atoms with Crippen LogP contribution in [-0.4, -0.2) is 45.5 Å². The highest BCUT2D eigenvalue weighted by atomic mass is 32.2. The van der Waals surface area contributed by atoms with Gasteiger partial charge < -0.3 is 9.64 Å². The summed E-state index contributed by atoms with van der Waals surface area (Å²) in [5, 5.41) is 8.80. The molecule has 0 radical (unpaired) electrons. The molecule has 1 fully saturated rings. The van der Waals surface area contributed by atoms with E-state index in [1.807, 2.05) is 6.07 Å². The van der Waals surface area contributed by atoms with Gasteiger partial charge in [0, 0.05) is 24.3 Å². The van der Waals surface area contributed by atoms with Crippen molar-refractivity contribution in [2.45, 2.75) is 4.90 Å². The van der Waals surface area contributed by atoms with Crippen LogP contribution < -0.4 is 4.72 Å². The van der Waals surface area contributed by atoms with Crippen molar-refractivity contribution >= 4 is 21.6 Å². The van der Waals surface area contributed by atoms with Crippen molar-refractivity contribution in [3.63, 3.8) is 0 Å². The minimum Gasteiger partial charge on any atom is -0.378 e. The second-order valence-corrected chi connectivity index (χ2v) is 7.41. The number of rotatable bonds is 4. The lowest BCUT2D eigenvalue weighted by atomic mass is 10.2. The fourth-order valence-corrected chi connectivity index (χ4v) is 3.68. The first kappa shape index (κ1) is 17.9.